The molecule has 1 aliphatic heterocycles. The van der Waals surface area contributed by atoms with Crippen LogP contribution in [0.15, 0.2) is 12.3 Å². The van der Waals surface area contributed by atoms with Crippen LogP contribution in [0.3, 0.4) is 0 Å². The van der Waals surface area contributed by atoms with Gasteiger partial charge in [0.2, 0.25) is 0 Å². The molecule has 78 valence electrons. The van der Waals surface area contributed by atoms with E-state index in [0.717, 1.165) is 4.90 Å². The predicted octanol–water partition coefficient (Wildman–Crippen LogP) is 0.0519. The summed E-state index contributed by atoms with van der Waals surface area (Å²) in [6.07, 6.45) is 1.49. The van der Waals surface area contributed by atoms with Crippen molar-refractivity contribution < 1.29 is 24.2 Å². The first-order chi connectivity index (χ1) is 6.66. The lowest BCUT2D eigenvalue weighted by Gasteiger charge is -2.22. The number of hydrogen-bond donors (Lipinski definition) is 1. The zero-order chi connectivity index (χ0) is 10.6. The number of ether oxygens (including phenoxy) is 2. The highest BCUT2D eigenvalue weighted by molar-refractivity contribution is 5.82. The van der Waals surface area contributed by atoms with Gasteiger partial charge in [-0.25, -0.2) is 9.59 Å². The summed E-state index contributed by atoms with van der Waals surface area (Å²) in [5.41, 5.74) is 0. The molecule has 1 amide bonds. The highest BCUT2D eigenvalue weighted by atomic mass is 16.5. The molecule has 1 unspecified atom stereocenters. The van der Waals surface area contributed by atoms with Crippen LogP contribution >= 0.6 is 0 Å². The van der Waals surface area contributed by atoms with E-state index in [2.05, 4.69) is 4.74 Å². The van der Waals surface area contributed by atoms with Crippen LogP contribution < -0.4 is 0 Å². The summed E-state index contributed by atoms with van der Waals surface area (Å²) in [6.45, 7) is 0.373. The Bertz CT molecular complexity index is 262. The number of methoxy groups -OCH3 is 1. The number of carboxylic acid groups (broad SMARTS) is 1. The molecule has 0 saturated carbocycles. The number of amides is 1. The van der Waals surface area contributed by atoms with Gasteiger partial charge in [0.25, 0.3) is 0 Å². The molecule has 1 N–H and O–H groups in total. The highest BCUT2D eigenvalue weighted by Gasteiger charge is 2.29. The molecular weight excluding hydrogens is 190 g/mol. The lowest BCUT2D eigenvalue weighted by Crippen LogP contribution is -2.44. The van der Waals surface area contributed by atoms with Gasteiger partial charge in [-0.1, -0.05) is 0 Å². The molecule has 6 nitrogen and oxygen atoms in total. The quantitative estimate of drug-likeness (QED) is 0.607. The Labute approximate surface area is 80.7 Å². The molecule has 0 spiro atoms. The zero-order valence-electron chi connectivity index (χ0n) is 7.67. The molecule has 0 aromatic rings. The van der Waals surface area contributed by atoms with Gasteiger partial charge in [-0.2, -0.15) is 0 Å². The van der Waals surface area contributed by atoms with E-state index in [1.807, 2.05) is 0 Å². The van der Waals surface area contributed by atoms with Crippen LogP contribution in [0, 0.1) is 0 Å². The Morgan fingerprint density at radius 1 is 1.64 bits per heavy atom. The molecule has 0 aliphatic carbocycles. The molecule has 0 aromatic heterocycles. The van der Waals surface area contributed by atoms with Crippen molar-refractivity contribution in [3.05, 3.63) is 12.3 Å². The smallest absolute Gasteiger partial charge is 0.408 e. The Balaban J connectivity index is 2.82. The Kier molecular flexibility index (Phi) is 3.33. The van der Waals surface area contributed by atoms with Crippen LogP contribution in [0.2, 0.25) is 0 Å². The Hall–Kier alpha value is -1.72. The summed E-state index contributed by atoms with van der Waals surface area (Å²) < 4.78 is 9.38. The van der Waals surface area contributed by atoms with Gasteiger partial charge in [0.15, 0.2) is 6.04 Å². The van der Waals surface area contributed by atoms with Crippen molar-refractivity contribution in [3.63, 3.8) is 0 Å². The van der Waals surface area contributed by atoms with Crippen molar-refractivity contribution in [3.8, 4) is 0 Å². The topological polar surface area (TPSA) is 76.1 Å². The van der Waals surface area contributed by atoms with Crippen molar-refractivity contribution in [1.29, 1.82) is 0 Å². The highest BCUT2D eigenvalue weighted by Crippen LogP contribution is 2.08. The Morgan fingerprint density at radius 3 is 2.93 bits per heavy atom. The summed E-state index contributed by atoms with van der Waals surface area (Å²) in [6, 6.07) is -0.917. The normalized spacial score (nSPS) is 20.9. The van der Waals surface area contributed by atoms with E-state index >= 15 is 0 Å². The minimum Gasteiger partial charge on any atom is -0.500 e. The van der Waals surface area contributed by atoms with Crippen molar-refractivity contribution in [2.45, 2.75) is 6.04 Å². The molecule has 0 fully saturated rings. The first-order valence-electron chi connectivity index (χ1n) is 4.02. The molecule has 0 radical (unpaired) electrons. The fraction of sp³-hybridized carbons (Fsp3) is 0.500. The number of esters is 1. The van der Waals surface area contributed by atoms with Crippen molar-refractivity contribution >= 4 is 12.1 Å². The number of carbonyl (C=O) groups excluding carboxylic acids is 1. The zero-order valence-corrected chi connectivity index (χ0v) is 7.67. The molecule has 1 aliphatic rings. The third-order valence-electron chi connectivity index (χ3n) is 1.83. The Morgan fingerprint density at radius 2 is 2.36 bits per heavy atom. The van der Waals surface area contributed by atoms with Crippen molar-refractivity contribution in [2.75, 3.05) is 20.3 Å². The molecule has 1 heterocycles. The fourth-order valence-corrected chi connectivity index (χ4v) is 1.13. The maximum absolute atomic E-state index is 11.2. The standard InChI is InChI=1S/C8H11NO5/c1-13-7(10)6-2-4-14-5-3-9(6)8(11)12/h2,4,6H,3,5H2,1H3,(H,11,12). The molecule has 14 heavy (non-hydrogen) atoms. The number of nitrogens with zero attached hydrogens (tertiary/aromatic N) is 1. The monoisotopic (exact) mass is 201 g/mol. The van der Waals surface area contributed by atoms with Crippen LogP contribution in [-0.2, 0) is 14.3 Å². The maximum Gasteiger partial charge on any atom is 0.408 e. The van der Waals surface area contributed by atoms with Gasteiger partial charge >= 0.3 is 12.1 Å². The average Bonchev–Trinajstić information content (AvgIpc) is 2.41. The first-order valence-corrected chi connectivity index (χ1v) is 4.02. The van der Waals surface area contributed by atoms with Crippen LogP contribution in [0.5, 0.6) is 0 Å². The first kappa shape index (κ1) is 10.4. The molecular formula is C8H11NO5. The van der Waals surface area contributed by atoms with E-state index in [4.69, 9.17) is 9.84 Å². The van der Waals surface area contributed by atoms with Gasteiger partial charge < -0.3 is 14.6 Å². The van der Waals surface area contributed by atoms with E-state index in [-0.39, 0.29) is 13.2 Å². The number of rotatable bonds is 1. The van der Waals surface area contributed by atoms with Crippen LogP contribution in [0.25, 0.3) is 0 Å². The van der Waals surface area contributed by atoms with Crippen LogP contribution in [-0.4, -0.2) is 48.4 Å². The third-order valence-corrected chi connectivity index (χ3v) is 1.83. The van der Waals surface area contributed by atoms with Gasteiger partial charge in [0.05, 0.1) is 19.9 Å². The molecule has 0 aromatic carbocycles. The second-order valence-corrected chi connectivity index (χ2v) is 2.64. The number of hydrogen-bond acceptors (Lipinski definition) is 4. The van der Waals surface area contributed by atoms with Crippen molar-refractivity contribution in [1.82, 2.24) is 4.90 Å². The van der Waals surface area contributed by atoms with E-state index in [1.54, 1.807) is 0 Å². The van der Waals surface area contributed by atoms with Gasteiger partial charge in [0, 0.05) is 0 Å². The molecule has 1 rings (SSSR count). The molecule has 6 heteroatoms. The minimum absolute atomic E-state index is 0.141. The van der Waals surface area contributed by atoms with Crippen LogP contribution in [0.1, 0.15) is 0 Å². The summed E-state index contributed by atoms with van der Waals surface area (Å²) >= 11 is 0. The van der Waals surface area contributed by atoms with Gasteiger partial charge in [-0.05, 0) is 6.08 Å². The van der Waals surface area contributed by atoms with Gasteiger partial charge in [0.1, 0.15) is 6.61 Å². The van der Waals surface area contributed by atoms with Crippen LogP contribution in [0.4, 0.5) is 4.79 Å². The number of carbonyl (C=O) groups is 2. The average molecular weight is 201 g/mol. The summed E-state index contributed by atoms with van der Waals surface area (Å²) in [7, 11) is 1.21. The lowest BCUT2D eigenvalue weighted by atomic mass is 10.2. The van der Waals surface area contributed by atoms with E-state index in [1.165, 1.54) is 19.4 Å². The van der Waals surface area contributed by atoms with Crippen molar-refractivity contribution in [2.24, 2.45) is 0 Å². The molecule has 1 atom stereocenters. The van der Waals surface area contributed by atoms with E-state index in [9.17, 15) is 9.59 Å². The maximum atomic E-state index is 11.2. The van der Waals surface area contributed by atoms with Gasteiger partial charge in [-0.3, -0.25) is 4.90 Å². The third kappa shape index (κ3) is 2.15. The second kappa shape index (κ2) is 4.50. The SMILES string of the molecule is COC(=O)C1C=COCCN1C(=O)O. The van der Waals surface area contributed by atoms with E-state index in [0.29, 0.717) is 0 Å². The summed E-state index contributed by atoms with van der Waals surface area (Å²) in [5, 5.41) is 8.81. The largest absolute Gasteiger partial charge is 0.500 e. The second-order valence-electron chi connectivity index (χ2n) is 2.64. The van der Waals surface area contributed by atoms with Gasteiger partial charge in [-0.15, -0.1) is 0 Å². The molecule has 0 saturated heterocycles. The lowest BCUT2D eigenvalue weighted by molar-refractivity contribution is -0.144. The molecule has 0 bridgehead atoms. The van der Waals surface area contributed by atoms with E-state index < -0.39 is 18.1 Å². The summed E-state index contributed by atoms with van der Waals surface area (Å²) in [5.74, 6) is -0.617. The fourth-order valence-electron chi connectivity index (χ4n) is 1.13. The predicted molar refractivity (Wildman–Crippen MR) is 45.6 cm³/mol. The summed E-state index contributed by atoms with van der Waals surface area (Å²) in [4.78, 5) is 22.9. The minimum atomic E-state index is -1.17.